The lowest BCUT2D eigenvalue weighted by atomic mass is 10.2. The topological polar surface area (TPSA) is 13.1 Å². The summed E-state index contributed by atoms with van der Waals surface area (Å²) in [4.78, 5) is 0. The molecular weight excluding hydrogens is 358 g/mol. The Kier molecular flexibility index (Phi) is 3.18. The van der Waals surface area contributed by atoms with Crippen molar-refractivity contribution < 1.29 is 4.42 Å². The van der Waals surface area contributed by atoms with Gasteiger partial charge in [0.1, 0.15) is 11.2 Å². The lowest BCUT2D eigenvalue weighted by molar-refractivity contribution is 0.673. The van der Waals surface area contributed by atoms with Gasteiger partial charge in [0.25, 0.3) is 0 Å². The highest BCUT2D eigenvalue weighted by molar-refractivity contribution is 7.68. The third-order valence-electron chi connectivity index (χ3n) is 4.31. The molecule has 2 heterocycles. The molecule has 0 radical (unpaired) electrons. The molecule has 0 fully saturated rings. The first-order valence-electron chi connectivity index (χ1n) is 7.59. The third kappa shape index (κ3) is 2.03. The Morgan fingerprint density at radius 3 is 2.33 bits per heavy atom. The van der Waals surface area contributed by atoms with Crippen molar-refractivity contribution in [2.75, 3.05) is 0 Å². The number of benzene rings is 3. The number of hydrogen-bond acceptors (Lipinski definition) is 1. The SMILES string of the molecule is Clc1ccc2c(c1)oc1c3cc(Cl)ccc3p(-c3ccccc3)c21. The second-order valence-electron chi connectivity index (χ2n) is 5.75. The Morgan fingerprint density at radius 2 is 1.50 bits per heavy atom. The Morgan fingerprint density at radius 1 is 0.750 bits per heavy atom. The number of halogens is 2. The molecule has 0 spiro atoms. The van der Waals surface area contributed by atoms with Gasteiger partial charge in [-0.1, -0.05) is 61.1 Å². The van der Waals surface area contributed by atoms with Gasteiger partial charge in [-0.3, -0.25) is 0 Å². The first-order valence-corrected chi connectivity index (χ1v) is 9.69. The van der Waals surface area contributed by atoms with Crippen LogP contribution in [0.4, 0.5) is 0 Å². The van der Waals surface area contributed by atoms with E-state index in [1.54, 1.807) is 0 Å². The quantitative estimate of drug-likeness (QED) is 0.292. The number of hydrogen-bond donors (Lipinski definition) is 0. The van der Waals surface area contributed by atoms with E-state index < -0.39 is 7.53 Å². The van der Waals surface area contributed by atoms with Crippen molar-refractivity contribution in [3.63, 3.8) is 0 Å². The second kappa shape index (κ2) is 5.29. The lowest BCUT2D eigenvalue weighted by Gasteiger charge is -2.03. The Bertz CT molecular complexity index is 1220. The minimum absolute atomic E-state index is 0.652. The third-order valence-corrected chi connectivity index (χ3v) is 7.36. The highest BCUT2D eigenvalue weighted by Crippen LogP contribution is 2.58. The van der Waals surface area contributed by atoms with Gasteiger partial charge in [-0.25, -0.2) is 0 Å². The zero-order valence-corrected chi connectivity index (χ0v) is 14.9. The van der Waals surface area contributed by atoms with Crippen LogP contribution in [0.15, 0.2) is 71.1 Å². The molecule has 0 saturated heterocycles. The van der Waals surface area contributed by atoms with Crippen LogP contribution in [-0.2, 0) is 0 Å². The largest absolute Gasteiger partial charge is 0.455 e. The molecule has 0 bridgehead atoms. The summed E-state index contributed by atoms with van der Waals surface area (Å²) in [6.07, 6.45) is 0. The van der Waals surface area contributed by atoms with Crippen molar-refractivity contribution in [3.8, 4) is 5.30 Å². The fourth-order valence-corrected chi connectivity index (χ4v) is 6.32. The number of rotatable bonds is 1. The van der Waals surface area contributed by atoms with Crippen molar-refractivity contribution in [2.45, 2.75) is 0 Å². The van der Waals surface area contributed by atoms with E-state index in [1.165, 1.54) is 15.5 Å². The van der Waals surface area contributed by atoms with E-state index in [0.717, 1.165) is 27.0 Å². The molecule has 1 nitrogen and oxygen atoms in total. The van der Waals surface area contributed by atoms with Gasteiger partial charge in [0.2, 0.25) is 0 Å². The van der Waals surface area contributed by atoms with Crippen molar-refractivity contribution in [3.05, 3.63) is 76.8 Å². The molecule has 2 aromatic heterocycles. The summed E-state index contributed by atoms with van der Waals surface area (Å²) in [5.74, 6) is 0. The fourth-order valence-electron chi connectivity index (χ4n) is 3.31. The summed E-state index contributed by atoms with van der Waals surface area (Å²) in [6, 6.07) is 22.6. The molecule has 1 atom stereocenters. The maximum absolute atomic E-state index is 6.25. The molecule has 5 rings (SSSR count). The van der Waals surface area contributed by atoms with Gasteiger partial charge in [-0.05, 0) is 35.6 Å². The highest BCUT2D eigenvalue weighted by Gasteiger charge is 2.20. The second-order valence-corrected chi connectivity index (χ2v) is 8.74. The zero-order valence-electron chi connectivity index (χ0n) is 12.5. The van der Waals surface area contributed by atoms with Gasteiger partial charge >= 0.3 is 0 Å². The van der Waals surface area contributed by atoms with Crippen molar-refractivity contribution in [1.29, 1.82) is 0 Å². The maximum atomic E-state index is 6.25. The van der Waals surface area contributed by atoms with Gasteiger partial charge in [-0.15, -0.1) is 0 Å². The Hall–Kier alpha value is -1.92. The van der Waals surface area contributed by atoms with Crippen molar-refractivity contribution in [1.82, 2.24) is 0 Å². The minimum Gasteiger partial charge on any atom is -0.455 e. The monoisotopic (exact) mass is 368 g/mol. The molecular formula is C20H11Cl2OP. The average molecular weight is 369 g/mol. The maximum Gasteiger partial charge on any atom is 0.147 e. The zero-order chi connectivity index (χ0) is 16.3. The molecule has 4 heteroatoms. The van der Waals surface area contributed by atoms with Crippen LogP contribution in [0, 0.1) is 0 Å². The highest BCUT2D eigenvalue weighted by atomic mass is 35.5. The van der Waals surface area contributed by atoms with Crippen molar-refractivity contribution in [2.24, 2.45) is 0 Å². The van der Waals surface area contributed by atoms with E-state index in [1.807, 2.05) is 30.3 Å². The van der Waals surface area contributed by atoms with Gasteiger partial charge in [0, 0.05) is 32.0 Å². The fraction of sp³-hybridized carbons (Fsp3) is 0. The summed E-state index contributed by atoms with van der Waals surface area (Å²) >= 11 is 12.4. The van der Waals surface area contributed by atoms with Gasteiger partial charge in [0.15, 0.2) is 0 Å². The molecule has 24 heavy (non-hydrogen) atoms. The first-order chi connectivity index (χ1) is 11.7. The average Bonchev–Trinajstić information content (AvgIpc) is 3.09. The molecule has 5 aromatic rings. The lowest BCUT2D eigenvalue weighted by Crippen LogP contribution is -1.69. The predicted octanol–water partition coefficient (Wildman–Crippen LogP) is 8.02. The molecule has 0 N–H and O–H groups in total. The van der Waals surface area contributed by atoms with Gasteiger partial charge in [0.05, 0.1) is 5.12 Å². The van der Waals surface area contributed by atoms with E-state index in [2.05, 4.69) is 36.4 Å². The minimum atomic E-state index is -0.652. The molecule has 0 aliphatic heterocycles. The molecule has 0 saturated carbocycles. The number of furan rings is 1. The van der Waals surface area contributed by atoms with Crippen LogP contribution in [-0.4, -0.2) is 0 Å². The summed E-state index contributed by atoms with van der Waals surface area (Å²) in [6.45, 7) is 0. The van der Waals surface area contributed by atoms with E-state index in [9.17, 15) is 0 Å². The smallest absolute Gasteiger partial charge is 0.147 e. The van der Waals surface area contributed by atoms with Crippen LogP contribution >= 0.6 is 30.7 Å². The van der Waals surface area contributed by atoms with Gasteiger partial charge in [-0.2, -0.15) is 0 Å². The molecule has 0 aliphatic carbocycles. The van der Waals surface area contributed by atoms with Crippen LogP contribution in [0.5, 0.6) is 0 Å². The van der Waals surface area contributed by atoms with E-state index >= 15 is 0 Å². The van der Waals surface area contributed by atoms with E-state index in [4.69, 9.17) is 27.6 Å². The molecule has 116 valence electrons. The molecule has 0 amide bonds. The Balaban J connectivity index is 2.05. The number of fused-ring (bicyclic) bond motifs is 5. The molecule has 0 aliphatic rings. The summed E-state index contributed by atoms with van der Waals surface area (Å²) in [7, 11) is -0.652. The molecule has 3 aromatic carbocycles. The van der Waals surface area contributed by atoms with Crippen LogP contribution in [0.1, 0.15) is 0 Å². The summed E-state index contributed by atoms with van der Waals surface area (Å²) in [5.41, 5.74) is 1.77. The van der Waals surface area contributed by atoms with Crippen LogP contribution < -0.4 is 0 Å². The normalized spacial score (nSPS) is 12.5. The van der Waals surface area contributed by atoms with E-state index in [-0.39, 0.29) is 0 Å². The van der Waals surface area contributed by atoms with Crippen LogP contribution in [0.2, 0.25) is 10.0 Å². The molecule has 1 unspecified atom stereocenters. The summed E-state index contributed by atoms with van der Waals surface area (Å²) in [5, 5.41) is 7.52. The van der Waals surface area contributed by atoms with Crippen LogP contribution in [0.25, 0.3) is 37.5 Å². The van der Waals surface area contributed by atoms with E-state index in [0.29, 0.717) is 5.02 Å². The Labute approximate surface area is 149 Å². The van der Waals surface area contributed by atoms with Gasteiger partial charge < -0.3 is 4.42 Å². The standard InChI is InChI=1S/C20H11Cl2OP/c21-12-7-9-18-16(10-12)19-20(24(18)14-4-2-1-3-5-14)15-8-6-13(22)11-17(15)23-19/h1-11H. The first kappa shape index (κ1) is 14.4. The van der Waals surface area contributed by atoms with Crippen LogP contribution in [0.3, 0.4) is 0 Å². The van der Waals surface area contributed by atoms with Crippen molar-refractivity contribution >= 4 is 62.9 Å². The predicted molar refractivity (Wildman–Crippen MR) is 105 cm³/mol. The summed E-state index contributed by atoms with van der Waals surface area (Å²) < 4.78 is 6.20.